The molecule has 34 heavy (non-hydrogen) atoms. The van der Waals surface area contributed by atoms with Gasteiger partial charge in [-0.3, -0.25) is 29.4 Å². The molecule has 6 rings (SSSR count). The number of alkyl halides is 2. The molecule has 9 heteroatoms. The first kappa shape index (κ1) is 21.6. The lowest BCUT2D eigenvalue weighted by Gasteiger charge is -2.51. The van der Waals surface area contributed by atoms with Gasteiger partial charge < -0.3 is 5.11 Å². The van der Waals surface area contributed by atoms with Crippen molar-refractivity contribution < 1.29 is 24.3 Å². The molecule has 2 N–H and O–H groups in total. The van der Waals surface area contributed by atoms with Crippen LogP contribution in [0.15, 0.2) is 48.0 Å². The van der Waals surface area contributed by atoms with E-state index in [-0.39, 0.29) is 24.5 Å². The normalized spacial score (nSPS) is 36.8. The van der Waals surface area contributed by atoms with E-state index in [0.29, 0.717) is 16.5 Å². The van der Waals surface area contributed by atoms with Gasteiger partial charge in [0.2, 0.25) is 11.8 Å². The summed E-state index contributed by atoms with van der Waals surface area (Å²) in [7, 11) is 1.34. The van der Waals surface area contributed by atoms with Crippen molar-refractivity contribution in [2.24, 2.45) is 17.8 Å². The van der Waals surface area contributed by atoms with Gasteiger partial charge in [-0.1, -0.05) is 42.0 Å². The van der Waals surface area contributed by atoms with Crippen molar-refractivity contribution in [1.82, 2.24) is 10.2 Å². The fourth-order valence-electron chi connectivity index (χ4n) is 6.56. The minimum atomic E-state index is -1.92. The summed E-state index contributed by atoms with van der Waals surface area (Å²) in [5, 5.41) is 15.0. The molecular formula is C25H20Cl2N2O5. The van der Waals surface area contributed by atoms with Crippen molar-refractivity contribution in [2.75, 3.05) is 7.05 Å². The maximum Gasteiger partial charge on any atom is 0.253 e. The molecule has 3 fully saturated rings. The first-order valence-electron chi connectivity index (χ1n) is 11.1. The van der Waals surface area contributed by atoms with E-state index in [1.807, 2.05) is 30.3 Å². The van der Waals surface area contributed by atoms with Gasteiger partial charge in [-0.15, -0.1) is 23.2 Å². The number of fused-ring (bicyclic) bond motifs is 5. The van der Waals surface area contributed by atoms with E-state index in [2.05, 4.69) is 5.32 Å². The number of allylic oxidation sites excluding steroid dienone is 2. The number of carbonyl (C=O) groups excluding carboxylic acids is 4. The molecule has 0 bridgehead atoms. The van der Waals surface area contributed by atoms with Crippen LogP contribution in [0.4, 0.5) is 0 Å². The number of imide groups is 2. The maximum atomic E-state index is 13.6. The summed E-state index contributed by atoms with van der Waals surface area (Å²) in [4.78, 5) is 49.3. The van der Waals surface area contributed by atoms with Crippen LogP contribution in [0.3, 0.4) is 0 Å². The Hall–Kier alpha value is -2.90. The molecule has 2 aromatic carbocycles. The highest BCUT2D eigenvalue weighted by molar-refractivity contribution is 6.53. The second-order valence-corrected chi connectivity index (χ2v) is 10.8. The van der Waals surface area contributed by atoms with Gasteiger partial charge in [0.05, 0.1) is 11.8 Å². The predicted molar refractivity (Wildman–Crippen MR) is 124 cm³/mol. The van der Waals surface area contributed by atoms with Gasteiger partial charge in [-0.05, 0) is 35.6 Å². The molecule has 1 saturated carbocycles. The van der Waals surface area contributed by atoms with Gasteiger partial charge >= 0.3 is 0 Å². The van der Waals surface area contributed by atoms with Crippen LogP contribution in [0, 0.1) is 17.8 Å². The van der Waals surface area contributed by atoms with Crippen LogP contribution in [0.2, 0.25) is 0 Å². The molecule has 2 saturated heterocycles. The molecule has 4 amide bonds. The van der Waals surface area contributed by atoms with Crippen LogP contribution >= 0.6 is 23.2 Å². The number of rotatable bonds is 1. The van der Waals surface area contributed by atoms with Crippen molar-refractivity contribution in [1.29, 1.82) is 0 Å². The number of phenols is 1. The van der Waals surface area contributed by atoms with Crippen LogP contribution in [0.1, 0.15) is 24.3 Å². The molecular weight excluding hydrogens is 479 g/mol. The first-order chi connectivity index (χ1) is 16.1. The topological polar surface area (TPSA) is 104 Å². The molecule has 2 aliphatic carbocycles. The van der Waals surface area contributed by atoms with E-state index >= 15 is 0 Å². The quantitative estimate of drug-likeness (QED) is 0.357. The average molecular weight is 499 g/mol. The van der Waals surface area contributed by atoms with E-state index in [1.54, 1.807) is 6.07 Å². The number of phenolic OH excluding ortho intramolecular Hbond substituents is 1. The number of hydrogen-bond acceptors (Lipinski definition) is 5. The standard InChI is InChI=1S/C25H20Cl2N2O5/c1-29-22(33)24(26)10-15-13(7-8-14-17(15)21(32)28-20(14)31)19(25(24,27)23(29)34)18-12-5-3-2-4-11(12)6-9-16(18)30/h2-7,9,14-15,17,19,30H,8,10H2,1H3,(H,28,31,32)/t14-,15+,17-,19+,24+,25-/m0/s1. The van der Waals surface area contributed by atoms with E-state index in [0.717, 1.165) is 10.3 Å². The Morgan fingerprint density at radius 1 is 1.00 bits per heavy atom. The fourth-order valence-corrected chi connectivity index (χ4v) is 7.56. The molecule has 2 heterocycles. The Balaban J connectivity index is 1.68. The van der Waals surface area contributed by atoms with Gasteiger partial charge in [-0.2, -0.15) is 0 Å². The smallest absolute Gasteiger partial charge is 0.253 e. The molecule has 2 aliphatic heterocycles. The van der Waals surface area contributed by atoms with Crippen LogP contribution in [-0.4, -0.2) is 50.4 Å². The Morgan fingerprint density at radius 2 is 1.74 bits per heavy atom. The summed E-state index contributed by atoms with van der Waals surface area (Å²) < 4.78 is 0. The molecule has 4 aliphatic rings. The summed E-state index contributed by atoms with van der Waals surface area (Å²) in [6.45, 7) is 0. The number of hydrogen-bond donors (Lipinski definition) is 2. The van der Waals surface area contributed by atoms with Crippen molar-refractivity contribution in [3.63, 3.8) is 0 Å². The van der Waals surface area contributed by atoms with Crippen molar-refractivity contribution in [3.8, 4) is 5.75 Å². The van der Waals surface area contributed by atoms with Gasteiger partial charge in [0.25, 0.3) is 11.8 Å². The average Bonchev–Trinajstić information content (AvgIpc) is 3.18. The molecule has 2 aromatic rings. The van der Waals surface area contributed by atoms with E-state index in [9.17, 15) is 24.3 Å². The zero-order valence-electron chi connectivity index (χ0n) is 18.0. The fraction of sp³-hybridized carbons (Fsp3) is 0.360. The third kappa shape index (κ3) is 2.39. The number of amides is 4. The van der Waals surface area contributed by atoms with Gasteiger partial charge in [0.15, 0.2) is 9.75 Å². The van der Waals surface area contributed by atoms with E-state index in [4.69, 9.17) is 23.2 Å². The molecule has 6 atom stereocenters. The zero-order chi connectivity index (χ0) is 24.2. The summed E-state index contributed by atoms with van der Waals surface area (Å²) in [5.74, 6) is -5.04. The number of likely N-dealkylation sites (tertiary alicyclic amines) is 1. The summed E-state index contributed by atoms with van der Waals surface area (Å²) in [6, 6.07) is 10.6. The highest BCUT2D eigenvalue weighted by Crippen LogP contribution is 2.66. The molecule has 7 nitrogen and oxygen atoms in total. The summed E-state index contributed by atoms with van der Waals surface area (Å²) in [6.07, 6.45) is 2.06. The lowest BCUT2D eigenvalue weighted by Crippen LogP contribution is -2.60. The van der Waals surface area contributed by atoms with Crippen LogP contribution in [-0.2, 0) is 19.2 Å². The van der Waals surface area contributed by atoms with E-state index < -0.39 is 51.1 Å². The minimum absolute atomic E-state index is 0.0668. The number of carbonyl (C=O) groups is 4. The largest absolute Gasteiger partial charge is 0.508 e. The molecule has 0 unspecified atom stereocenters. The highest BCUT2D eigenvalue weighted by Gasteiger charge is 2.75. The lowest BCUT2D eigenvalue weighted by molar-refractivity contribution is -0.138. The summed E-state index contributed by atoms with van der Waals surface area (Å²) >= 11 is 14.2. The van der Waals surface area contributed by atoms with Crippen LogP contribution in [0.5, 0.6) is 5.75 Å². The molecule has 0 spiro atoms. The molecule has 174 valence electrons. The van der Waals surface area contributed by atoms with Crippen molar-refractivity contribution in [2.45, 2.75) is 28.5 Å². The number of benzene rings is 2. The highest BCUT2D eigenvalue weighted by atomic mass is 35.5. The maximum absolute atomic E-state index is 13.6. The second-order valence-electron chi connectivity index (χ2n) is 9.57. The Kier molecular flexibility index (Phi) is 4.34. The third-order valence-electron chi connectivity index (χ3n) is 8.09. The van der Waals surface area contributed by atoms with Gasteiger partial charge in [-0.25, -0.2) is 0 Å². The zero-order valence-corrected chi connectivity index (χ0v) is 19.6. The number of nitrogens with one attached hydrogen (secondary N) is 1. The third-order valence-corrected chi connectivity index (χ3v) is 9.51. The molecule has 0 radical (unpaired) electrons. The van der Waals surface area contributed by atoms with Gasteiger partial charge in [0.1, 0.15) is 5.75 Å². The second kappa shape index (κ2) is 6.83. The number of nitrogens with zero attached hydrogens (tertiary/aromatic N) is 1. The van der Waals surface area contributed by atoms with Gasteiger partial charge in [0, 0.05) is 18.5 Å². The van der Waals surface area contributed by atoms with E-state index in [1.165, 1.54) is 13.1 Å². The minimum Gasteiger partial charge on any atom is -0.508 e. The lowest BCUT2D eigenvalue weighted by atomic mass is 9.56. The predicted octanol–water partition coefficient (Wildman–Crippen LogP) is 2.82. The van der Waals surface area contributed by atoms with Crippen LogP contribution < -0.4 is 5.32 Å². The Labute approximate surface area is 204 Å². The Bertz CT molecular complexity index is 1370. The van der Waals surface area contributed by atoms with Crippen molar-refractivity contribution >= 4 is 57.6 Å². The Morgan fingerprint density at radius 3 is 2.50 bits per heavy atom. The first-order valence-corrected chi connectivity index (χ1v) is 11.8. The number of aromatic hydroxyl groups is 1. The van der Waals surface area contributed by atoms with Crippen LogP contribution in [0.25, 0.3) is 10.8 Å². The summed E-state index contributed by atoms with van der Waals surface area (Å²) in [5.41, 5.74) is 1.04. The SMILES string of the molecule is CN1C(=O)[C@]2(Cl)C[C@@H]3C(=CC[C@@H]4C(=O)NC(=O)[C@@H]43)[C@H](c3c(O)ccc4ccccc34)[C@]2(Cl)C1=O. The van der Waals surface area contributed by atoms with Crippen molar-refractivity contribution in [3.05, 3.63) is 53.6 Å². The molecule has 0 aromatic heterocycles. The monoisotopic (exact) mass is 498 g/mol. The number of halogens is 2.